The molecule has 1 aromatic heterocycles. The zero-order valence-electron chi connectivity index (χ0n) is 12.8. The van der Waals surface area contributed by atoms with Gasteiger partial charge in [-0.2, -0.15) is 0 Å². The molecule has 23 heavy (non-hydrogen) atoms. The Kier molecular flexibility index (Phi) is 5.35. The summed E-state index contributed by atoms with van der Waals surface area (Å²) in [5, 5.41) is 0. The fraction of sp³-hybridized carbons (Fsp3) is 0.250. The molecule has 2 rings (SSSR count). The SMILES string of the molecule is Cc1cnc(C(=O)OCC(=O)N(C)Cc2ccccc2F)cn1. The number of halogens is 1. The maximum Gasteiger partial charge on any atom is 0.359 e. The Bertz CT molecular complexity index is 704. The topological polar surface area (TPSA) is 72.4 Å². The van der Waals surface area contributed by atoms with Crippen molar-refractivity contribution in [2.24, 2.45) is 0 Å². The minimum Gasteiger partial charge on any atom is -0.451 e. The number of rotatable bonds is 5. The molecule has 0 saturated carbocycles. The zero-order valence-corrected chi connectivity index (χ0v) is 12.8. The number of amides is 1. The second-order valence-corrected chi connectivity index (χ2v) is 4.96. The highest BCUT2D eigenvalue weighted by Crippen LogP contribution is 2.09. The smallest absolute Gasteiger partial charge is 0.359 e. The van der Waals surface area contributed by atoms with E-state index in [1.807, 2.05) is 0 Å². The lowest BCUT2D eigenvalue weighted by Crippen LogP contribution is -2.31. The van der Waals surface area contributed by atoms with Crippen molar-refractivity contribution < 1.29 is 18.7 Å². The Morgan fingerprint density at radius 3 is 2.61 bits per heavy atom. The number of carbonyl (C=O) groups excluding carboxylic acids is 2. The predicted octanol–water partition coefficient (Wildman–Crippen LogP) is 1.74. The lowest BCUT2D eigenvalue weighted by atomic mass is 10.2. The first-order valence-electron chi connectivity index (χ1n) is 6.90. The Labute approximate surface area is 132 Å². The number of nitrogens with zero attached hydrogens (tertiary/aromatic N) is 3. The van der Waals surface area contributed by atoms with E-state index in [0.717, 1.165) is 0 Å². The van der Waals surface area contributed by atoms with Crippen molar-refractivity contribution in [2.75, 3.05) is 13.7 Å². The molecule has 1 heterocycles. The molecule has 1 amide bonds. The van der Waals surface area contributed by atoms with Gasteiger partial charge in [-0.25, -0.2) is 14.2 Å². The third kappa shape index (κ3) is 4.57. The van der Waals surface area contributed by atoms with E-state index in [2.05, 4.69) is 9.97 Å². The van der Waals surface area contributed by atoms with Crippen LogP contribution in [0, 0.1) is 12.7 Å². The predicted molar refractivity (Wildman–Crippen MR) is 79.9 cm³/mol. The first-order chi connectivity index (χ1) is 11.0. The van der Waals surface area contributed by atoms with E-state index in [1.165, 1.54) is 30.4 Å². The van der Waals surface area contributed by atoms with Crippen molar-refractivity contribution in [1.82, 2.24) is 14.9 Å². The minimum absolute atomic E-state index is 0.0279. The van der Waals surface area contributed by atoms with Gasteiger partial charge in [0, 0.05) is 25.4 Å². The van der Waals surface area contributed by atoms with Gasteiger partial charge in [-0.05, 0) is 13.0 Å². The van der Waals surface area contributed by atoms with Crippen LogP contribution in [-0.2, 0) is 16.1 Å². The number of benzene rings is 1. The molecule has 120 valence electrons. The highest BCUT2D eigenvalue weighted by atomic mass is 19.1. The molecule has 0 spiro atoms. The van der Waals surface area contributed by atoms with Crippen LogP contribution in [0.2, 0.25) is 0 Å². The molecule has 2 aromatic rings. The highest BCUT2D eigenvalue weighted by molar-refractivity contribution is 5.89. The molecule has 0 unspecified atom stereocenters. The first kappa shape index (κ1) is 16.5. The van der Waals surface area contributed by atoms with Crippen LogP contribution in [0.3, 0.4) is 0 Å². The lowest BCUT2D eigenvalue weighted by Gasteiger charge is -2.17. The van der Waals surface area contributed by atoms with Gasteiger partial charge < -0.3 is 9.64 Å². The molecule has 0 bridgehead atoms. The van der Waals surface area contributed by atoms with E-state index in [1.54, 1.807) is 25.1 Å². The molecule has 0 fully saturated rings. The number of hydrogen-bond donors (Lipinski definition) is 0. The number of carbonyl (C=O) groups is 2. The highest BCUT2D eigenvalue weighted by Gasteiger charge is 2.15. The van der Waals surface area contributed by atoms with Crippen LogP contribution in [0.1, 0.15) is 21.7 Å². The van der Waals surface area contributed by atoms with E-state index in [4.69, 9.17) is 4.74 Å². The van der Waals surface area contributed by atoms with Crippen molar-refractivity contribution in [2.45, 2.75) is 13.5 Å². The summed E-state index contributed by atoms with van der Waals surface area (Å²) in [5.74, 6) is -1.56. The van der Waals surface area contributed by atoms with Crippen LogP contribution in [0.4, 0.5) is 4.39 Å². The summed E-state index contributed by atoms with van der Waals surface area (Å²) >= 11 is 0. The molecule has 1 aromatic carbocycles. The van der Waals surface area contributed by atoms with Gasteiger partial charge in [-0.15, -0.1) is 0 Å². The van der Waals surface area contributed by atoms with E-state index in [-0.39, 0.29) is 18.1 Å². The van der Waals surface area contributed by atoms with Gasteiger partial charge in [0.1, 0.15) is 5.82 Å². The Morgan fingerprint density at radius 2 is 1.96 bits per heavy atom. The fourth-order valence-corrected chi connectivity index (χ4v) is 1.78. The Morgan fingerprint density at radius 1 is 1.22 bits per heavy atom. The van der Waals surface area contributed by atoms with Crippen LogP contribution in [0.5, 0.6) is 0 Å². The van der Waals surface area contributed by atoms with E-state index >= 15 is 0 Å². The van der Waals surface area contributed by atoms with Crippen LogP contribution < -0.4 is 0 Å². The number of aryl methyl sites for hydroxylation is 1. The molecule has 0 atom stereocenters. The molecule has 7 heteroatoms. The summed E-state index contributed by atoms with van der Waals surface area (Å²) < 4.78 is 18.4. The molecular weight excluding hydrogens is 301 g/mol. The van der Waals surface area contributed by atoms with Crippen molar-refractivity contribution >= 4 is 11.9 Å². The number of esters is 1. The summed E-state index contributed by atoms with van der Waals surface area (Å²) in [6.07, 6.45) is 2.72. The van der Waals surface area contributed by atoms with E-state index in [0.29, 0.717) is 11.3 Å². The number of aromatic nitrogens is 2. The quantitative estimate of drug-likeness (QED) is 0.786. The lowest BCUT2D eigenvalue weighted by molar-refractivity contribution is -0.133. The number of ether oxygens (including phenoxy) is 1. The van der Waals surface area contributed by atoms with Gasteiger partial charge in [0.15, 0.2) is 12.3 Å². The second-order valence-electron chi connectivity index (χ2n) is 4.96. The minimum atomic E-state index is -0.731. The monoisotopic (exact) mass is 317 g/mol. The van der Waals surface area contributed by atoms with Crippen LogP contribution in [0.15, 0.2) is 36.7 Å². The van der Waals surface area contributed by atoms with Gasteiger partial charge in [-0.3, -0.25) is 9.78 Å². The number of hydrogen-bond acceptors (Lipinski definition) is 5. The standard InChI is InChI=1S/C16H16FN3O3/c1-11-7-19-14(8-18-11)16(22)23-10-15(21)20(2)9-12-5-3-4-6-13(12)17/h3-8H,9-10H2,1-2H3. The molecule has 0 aliphatic heterocycles. The molecule has 6 nitrogen and oxygen atoms in total. The van der Waals surface area contributed by atoms with E-state index < -0.39 is 18.5 Å². The summed E-state index contributed by atoms with van der Waals surface area (Å²) in [7, 11) is 1.51. The summed E-state index contributed by atoms with van der Waals surface area (Å²) in [6, 6.07) is 6.18. The average molecular weight is 317 g/mol. The molecule has 0 saturated heterocycles. The van der Waals surface area contributed by atoms with Crippen molar-refractivity contribution in [3.05, 3.63) is 59.4 Å². The maximum absolute atomic E-state index is 13.5. The van der Waals surface area contributed by atoms with E-state index in [9.17, 15) is 14.0 Å². The normalized spacial score (nSPS) is 10.2. The molecule has 0 radical (unpaired) electrons. The van der Waals surface area contributed by atoms with Gasteiger partial charge in [0.2, 0.25) is 0 Å². The maximum atomic E-state index is 13.5. The number of likely N-dealkylation sites (N-methyl/N-ethyl adjacent to an activating group) is 1. The molecule has 0 aliphatic carbocycles. The zero-order chi connectivity index (χ0) is 16.8. The molecular formula is C16H16FN3O3. The van der Waals surface area contributed by atoms with Crippen LogP contribution in [0.25, 0.3) is 0 Å². The summed E-state index contributed by atoms with van der Waals surface area (Å²) in [6.45, 7) is 1.38. The third-order valence-electron chi connectivity index (χ3n) is 3.11. The molecule has 0 aliphatic rings. The van der Waals surface area contributed by atoms with Gasteiger partial charge in [0.25, 0.3) is 5.91 Å². The van der Waals surface area contributed by atoms with Gasteiger partial charge >= 0.3 is 5.97 Å². The fourth-order valence-electron chi connectivity index (χ4n) is 1.78. The molecule has 0 N–H and O–H groups in total. The van der Waals surface area contributed by atoms with Crippen molar-refractivity contribution in [1.29, 1.82) is 0 Å². The third-order valence-corrected chi connectivity index (χ3v) is 3.11. The Hall–Kier alpha value is -2.83. The average Bonchev–Trinajstić information content (AvgIpc) is 2.55. The Balaban J connectivity index is 1.87. The van der Waals surface area contributed by atoms with Gasteiger partial charge in [-0.1, -0.05) is 18.2 Å². The summed E-state index contributed by atoms with van der Waals surface area (Å²) in [5.41, 5.74) is 1.08. The van der Waals surface area contributed by atoms with Crippen molar-refractivity contribution in [3.63, 3.8) is 0 Å². The summed E-state index contributed by atoms with van der Waals surface area (Å²) in [4.78, 5) is 32.8. The van der Waals surface area contributed by atoms with Crippen LogP contribution >= 0.6 is 0 Å². The second kappa shape index (κ2) is 7.44. The largest absolute Gasteiger partial charge is 0.451 e. The van der Waals surface area contributed by atoms with Crippen LogP contribution in [-0.4, -0.2) is 40.4 Å². The van der Waals surface area contributed by atoms with Gasteiger partial charge in [0.05, 0.1) is 11.9 Å². The van der Waals surface area contributed by atoms with Crippen molar-refractivity contribution in [3.8, 4) is 0 Å². The first-order valence-corrected chi connectivity index (χ1v) is 6.90.